The number of aromatic nitrogens is 1. The van der Waals surface area contributed by atoms with Crippen LogP contribution in [0.3, 0.4) is 0 Å². The van der Waals surface area contributed by atoms with Crippen LogP contribution >= 0.6 is 0 Å². The fraction of sp³-hybridized carbons (Fsp3) is 0.444. The minimum Gasteiger partial charge on any atom is -0.349 e. The van der Waals surface area contributed by atoms with Crippen LogP contribution in [0, 0.1) is 0 Å². The molecule has 4 nitrogen and oxygen atoms in total. The first-order valence-electron chi connectivity index (χ1n) is 8.22. The fourth-order valence-electron chi connectivity index (χ4n) is 3.23. The first kappa shape index (κ1) is 16.3. The van der Waals surface area contributed by atoms with Crippen molar-refractivity contribution in [3.05, 3.63) is 53.9 Å². The number of rotatable bonds is 4. The van der Waals surface area contributed by atoms with E-state index in [0.717, 1.165) is 12.1 Å². The highest BCUT2D eigenvalue weighted by Crippen LogP contribution is 2.31. The lowest BCUT2D eigenvalue weighted by atomic mass is 9.99. The van der Waals surface area contributed by atoms with Gasteiger partial charge in [0.2, 0.25) is 10.0 Å². The van der Waals surface area contributed by atoms with E-state index in [1.165, 1.54) is 5.56 Å². The van der Waals surface area contributed by atoms with Gasteiger partial charge >= 0.3 is 0 Å². The molecular weight excluding hydrogens is 308 g/mol. The van der Waals surface area contributed by atoms with E-state index in [0.29, 0.717) is 23.9 Å². The van der Waals surface area contributed by atoms with Crippen LogP contribution in [0.25, 0.3) is 0 Å². The Labute approximate surface area is 138 Å². The second-order valence-corrected chi connectivity index (χ2v) is 8.19. The van der Waals surface area contributed by atoms with Crippen molar-refractivity contribution in [2.75, 3.05) is 6.54 Å². The van der Waals surface area contributed by atoms with Crippen LogP contribution in [0.2, 0.25) is 0 Å². The van der Waals surface area contributed by atoms with E-state index in [9.17, 15) is 8.42 Å². The molecule has 1 aromatic heterocycles. The maximum absolute atomic E-state index is 13.0. The van der Waals surface area contributed by atoms with Crippen LogP contribution in [0.1, 0.15) is 50.4 Å². The molecule has 124 valence electrons. The van der Waals surface area contributed by atoms with Gasteiger partial charge in [0.25, 0.3) is 0 Å². The fourth-order valence-corrected chi connectivity index (χ4v) is 4.82. The van der Waals surface area contributed by atoms with E-state index >= 15 is 0 Å². The Morgan fingerprint density at radius 1 is 1.17 bits per heavy atom. The molecule has 5 heteroatoms. The molecule has 1 aromatic carbocycles. The average Bonchev–Trinajstić information content (AvgIpc) is 3.04. The lowest BCUT2D eigenvalue weighted by Gasteiger charge is -2.33. The van der Waals surface area contributed by atoms with Gasteiger partial charge in [0, 0.05) is 25.0 Å². The van der Waals surface area contributed by atoms with Crippen LogP contribution < -0.4 is 0 Å². The van der Waals surface area contributed by atoms with Crippen molar-refractivity contribution in [1.29, 1.82) is 0 Å². The molecule has 0 spiro atoms. The summed E-state index contributed by atoms with van der Waals surface area (Å²) in [5, 5.41) is 0. The average molecular weight is 332 g/mol. The van der Waals surface area contributed by atoms with Crippen molar-refractivity contribution in [2.45, 2.75) is 50.6 Å². The van der Waals surface area contributed by atoms with E-state index in [1.54, 1.807) is 16.4 Å². The molecule has 23 heavy (non-hydrogen) atoms. The second-order valence-electron chi connectivity index (χ2n) is 6.30. The van der Waals surface area contributed by atoms with Gasteiger partial charge < -0.3 is 4.57 Å². The van der Waals surface area contributed by atoms with Crippen LogP contribution in [-0.2, 0) is 16.6 Å². The number of nitrogens with zero attached hydrogens (tertiary/aromatic N) is 2. The Morgan fingerprint density at radius 3 is 2.52 bits per heavy atom. The molecule has 0 saturated heterocycles. The summed E-state index contributed by atoms with van der Waals surface area (Å²) >= 11 is 0. The normalized spacial score (nSPS) is 20.2. The molecule has 2 unspecified atom stereocenters. The van der Waals surface area contributed by atoms with Crippen molar-refractivity contribution < 1.29 is 8.42 Å². The van der Waals surface area contributed by atoms with Gasteiger partial charge in [-0.3, -0.25) is 0 Å². The van der Waals surface area contributed by atoms with Gasteiger partial charge in [-0.05, 0) is 49.1 Å². The third kappa shape index (κ3) is 2.83. The quantitative estimate of drug-likeness (QED) is 0.855. The molecule has 3 rings (SSSR count). The van der Waals surface area contributed by atoms with E-state index in [1.807, 2.05) is 37.4 Å². The predicted molar refractivity (Wildman–Crippen MR) is 91.9 cm³/mol. The summed E-state index contributed by atoms with van der Waals surface area (Å²) < 4.78 is 29.7. The molecule has 2 heterocycles. The lowest BCUT2D eigenvalue weighted by molar-refractivity contribution is 0.282. The summed E-state index contributed by atoms with van der Waals surface area (Å²) in [6.45, 7) is 7.47. The lowest BCUT2D eigenvalue weighted by Crippen LogP contribution is -2.40. The predicted octanol–water partition coefficient (Wildman–Crippen LogP) is 3.77. The summed E-state index contributed by atoms with van der Waals surface area (Å²) in [6.07, 6.45) is 3.06. The Bertz CT molecular complexity index is 778. The molecule has 2 aromatic rings. The topological polar surface area (TPSA) is 42.3 Å². The SMILES string of the molecule is CCC(C)c1ccc(S(=O)(=O)N2CCn3cccc3C2C)cc1. The third-order valence-electron chi connectivity index (χ3n) is 4.95. The van der Waals surface area contributed by atoms with Gasteiger partial charge in [-0.2, -0.15) is 4.31 Å². The van der Waals surface area contributed by atoms with Crippen molar-refractivity contribution in [2.24, 2.45) is 0 Å². The zero-order chi connectivity index (χ0) is 16.6. The van der Waals surface area contributed by atoms with Crippen LogP contribution in [0.5, 0.6) is 0 Å². The van der Waals surface area contributed by atoms with Crippen molar-refractivity contribution in [3.63, 3.8) is 0 Å². The summed E-state index contributed by atoms with van der Waals surface area (Å²) in [4.78, 5) is 0.386. The first-order chi connectivity index (χ1) is 10.9. The molecule has 0 fully saturated rings. The Kier molecular flexibility index (Phi) is 4.34. The summed E-state index contributed by atoms with van der Waals surface area (Å²) in [5.41, 5.74) is 2.24. The molecule has 0 aliphatic carbocycles. The molecule has 1 aliphatic heterocycles. The highest BCUT2D eigenvalue weighted by atomic mass is 32.2. The minimum atomic E-state index is -3.46. The number of benzene rings is 1. The molecule has 0 N–H and O–H groups in total. The number of fused-ring (bicyclic) bond motifs is 1. The van der Waals surface area contributed by atoms with Gasteiger partial charge in [0.1, 0.15) is 0 Å². The molecular formula is C18H24N2O2S. The molecule has 0 saturated carbocycles. The highest BCUT2D eigenvalue weighted by molar-refractivity contribution is 7.89. The standard InChI is InChI=1S/C18H24N2O2S/c1-4-14(2)16-7-9-17(10-8-16)23(21,22)20-13-12-19-11-5-6-18(19)15(20)3/h5-11,14-15H,4,12-13H2,1-3H3. The Balaban J connectivity index is 1.90. The van der Waals surface area contributed by atoms with Crippen LogP contribution in [0.15, 0.2) is 47.5 Å². The number of sulfonamides is 1. The van der Waals surface area contributed by atoms with Gasteiger partial charge in [-0.15, -0.1) is 0 Å². The molecule has 1 aliphatic rings. The summed E-state index contributed by atoms with van der Waals surface area (Å²) in [5.74, 6) is 0.448. The molecule has 0 amide bonds. The highest BCUT2D eigenvalue weighted by Gasteiger charge is 2.33. The summed E-state index contributed by atoms with van der Waals surface area (Å²) in [7, 11) is -3.46. The summed E-state index contributed by atoms with van der Waals surface area (Å²) in [6, 6.07) is 11.2. The van der Waals surface area contributed by atoms with Gasteiger partial charge in [0.05, 0.1) is 10.9 Å². The van der Waals surface area contributed by atoms with Gasteiger partial charge in [-0.25, -0.2) is 8.42 Å². The molecule has 0 bridgehead atoms. The van der Waals surface area contributed by atoms with E-state index in [-0.39, 0.29) is 6.04 Å². The molecule has 0 radical (unpaired) electrons. The Hall–Kier alpha value is -1.59. The maximum atomic E-state index is 13.0. The van der Waals surface area contributed by atoms with Gasteiger partial charge in [-0.1, -0.05) is 26.0 Å². The van der Waals surface area contributed by atoms with Crippen molar-refractivity contribution in [1.82, 2.24) is 8.87 Å². The zero-order valence-corrected chi connectivity index (χ0v) is 14.8. The third-order valence-corrected chi connectivity index (χ3v) is 6.94. The maximum Gasteiger partial charge on any atom is 0.243 e. The van der Waals surface area contributed by atoms with Crippen LogP contribution in [0.4, 0.5) is 0 Å². The number of hydrogen-bond acceptors (Lipinski definition) is 2. The van der Waals surface area contributed by atoms with E-state index in [2.05, 4.69) is 18.4 Å². The monoisotopic (exact) mass is 332 g/mol. The largest absolute Gasteiger partial charge is 0.349 e. The second kappa shape index (κ2) is 6.13. The number of hydrogen-bond donors (Lipinski definition) is 0. The first-order valence-corrected chi connectivity index (χ1v) is 9.66. The van der Waals surface area contributed by atoms with Gasteiger partial charge in [0.15, 0.2) is 0 Å². The minimum absolute atomic E-state index is 0.141. The van der Waals surface area contributed by atoms with Crippen LogP contribution in [-0.4, -0.2) is 23.8 Å². The van der Waals surface area contributed by atoms with Crippen molar-refractivity contribution in [3.8, 4) is 0 Å². The molecule has 2 atom stereocenters. The van der Waals surface area contributed by atoms with E-state index < -0.39 is 10.0 Å². The van der Waals surface area contributed by atoms with Crippen molar-refractivity contribution >= 4 is 10.0 Å². The van der Waals surface area contributed by atoms with E-state index in [4.69, 9.17) is 0 Å². The Morgan fingerprint density at radius 2 is 1.87 bits per heavy atom. The zero-order valence-electron chi connectivity index (χ0n) is 13.9. The smallest absolute Gasteiger partial charge is 0.243 e.